The molecule has 0 aliphatic carbocycles. The van der Waals surface area contributed by atoms with E-state index in [1.807, 2.05) is 30.3 Å². The molecule has 0 unspecified atom stereocenters. The fraction of sp³-hybridized carbons (Fsp3) is 0.261. The summed E-state index contributed by atoms with van der Waals surface area (Å²) in [7, 11) is 1.52. The Morgan fingerprint density at radius 1 is 1.19 bits per heavy atom. The average molecular weight is 442 g/mol. The Morgan fingerprint density at radius 2 is 1.94 bits per heavy atom. The maximum Gasteiger partial charge on any atom is 0.340 e. The van der Waals surface area contributed by atoms with Gasteiger partial charge in [-0.1, -0.05) is 30.3 Å². The first-order chi connectivity index (χ1) is 14.9. The van der Waals surface area contributed by atoms with E-state index in [4.69, 9.17) is 9.15 Å². The minimum atomic E-state index is -1.12. The lowest BCUT2D eigenvalue weighted by molar-refractivity contribution is -0.141. The van der Waals surface area contributed by atoms with Crippen molar-refractivity contribution in [2.24, 2.45) is 0 Å². The topological polar surface area (TPSA) is 106 Å². The number of hydrogen-bond acceptors (Lipinski definition) is 6. The summed E-state index contributed by atoms with van der Waals surface area (Å²) in [5.74, 6) is -0.268. The standard InChI is InChI=1S/C23H23NO6S/c1-14-17-9-8-16(29-2)10-20(17)30-23(28)18(14)11-21(25)24-19(22(26)27)13-31-12-15-6-4-3-5-7-15/h3-10,19H,11-13H2,1-2H3,(H,24,25)(H,26,27)/t19-/m1/s1. The van der Waals surface area contributed by atoms with Gasteiger partial charge < -0.3 is 19.6 Å². The van der Waals surface area contributed by atoms with Gasteiger partial charge >= 0.3 is 11.6 Å². The van der Waals surface area contributed by atoms with Gasteiger partial charge in [-0.05, 0) is 30.2 Å². The summed E-state index contributed by atoms with van der Waals surface area (Å²) >= 11 is 1.42. The van der Waals surface area contributed by atoms with Crippen LogP contribution in [-0.4, -0.2) is 35.9 Å². The lowest BCUT2D eigenvalue weighted by Gasteiger charge is -2.15. The van der Waals surface area contributed by atoms with Crippen LogP contribution in [0.2, 0.25) is 0 Å². The largest absolute Gasteiger partial charge is 0.497 e. The normalized spacial score (nSPS) is 11.8. The van der Waals surface area contributed by atoms with Crippen LogP contribution in [0.15, 0.2) is 57.7 Å². The van der Waals surface area contributed by atoms with Gasteiger partial charge in [-0.3, -0.25) is 4.79 Å². The Labute approximate surface area is 183 Å². The molecular formula is C23H23NO6S. The van der Waals surface area contributed by atoms with Crippen molar-refractivity contribution in [3.63, 3.8) is 0 Å². The van der Waals surface area contributed by atoms with Gasteiger partial charge in [-0.15, -0.1) is 0 Å². The van der Waals surface area contributed by atoms with Crippen LogP contribution in [-0.2, 0) is 21.8 Å². The minimum Gasteiger partial charge on any atom is -0.497 e. The van der Waals surface area contributed by atoms with E-state index in [2.05, 4.69) is 5.32 Å². The molecule has 1 atom stereocenters. The first-order valence-corrected chi connectivity index (χ1v) is 10.8. The maximum atomic E-state index is 12.5. The van der Waals surface area contributed by atoms with Crippen molar-refractivity contribution >= 4 is 34.6 Å². The van der Waals surface area contributed by atoms with E-state index in [1.54, 1.807) is 25.1 Å². The van der Waals surface area contributed by atoms with Crippen LogP contribution in [0.3, 0.4) is 0 Å². The number of carbonyl (C=O) groups excluding carboxylic acids is 1. The van der Waals surface area contributed by atoms with Crippen LogP contribution in [0.4, 0.5) is 0 Å². The maximum absolute atomic E-state index is 12.5. The molecule has 162 valence electrons. The van der Waals surface area contributed by atoms with E-state index in [0.29, 0.717) is 28.0 Å². The molecule has 3 rings (SSSR count). The summed E-state index contributed by atoms with van der Waals surface area (Å²) in [6.45, 7) is 1.73. The molecule has 1 heterocycles. The number of ether oxygens (including phenoxy) is 1. The zero-order chi connectivity index (χ0) is 22.4. The predicted octanol–water partition coefficient (Wildman–Crippen LogP) is 3.16. The molecule has 0 saturated carbocycles. The first kappa shape index (κ1) is 22.4. The fourth-order valence-electron chi connectivity index (χ4n) is 3.16. The minimum absolute atomic E-state index is 0.205. The number of benzene rings is 2. The van der Waals surface area contributed by atoms with E-state index >= 15 is 0 Å². The number of carbonyl (C=O) groups is 2. The van der Waals surface area contributed by atoms with E-state index in [-0.39, 0.29) is 17.7 Å². The molecule has 1 amide bonds. The van der Waals surface area contributed by atoms with Crippen molar-refractivity contribution in [2.45, 2.75) is 25.1 Å². The molecule has 0 fully saturated rings. The van der Waals surface area contributed by atoms with Gasteiger partial charge in [-0.25, -0.2) is 9.59 Å². The van der Waals surface area contributed by atoms with Gasteiger partial charge in [0.2, 0.25) is 5.91 Å². The molecular weight excluding hydrogens is 418 g/mol. The number of fused-ring (bicyclic) bond motifs is 1. The van der Waals surface area contributed by atoms with Crippen molar-refractivity contribution in [1.82, 2.24) is 5.32 Å². The highest BCUT2D eigenvalue weighted by atomic mass is 32.2. The summed E-state index contributed by atoms with van der Waals surface area (Å²) in [5, 5.41) is 12.7. The van der Waals surface area contributed by atoms with Crippen molar-refractivity contribution in [3.8, 4) is 5.75 Å². The molecule has 8 heteroatoms. The molecule has 2 aromatic carbocycles. The van der Waals surface area contributed by atoms with Crippen LogP contribution in [0.5, 0.6) is 5.75 Å². The van der Waals surface area contributed by atoms with Crippen LogP contribution < -0.4 is 15.7 Å². The van der Waals surface area contributed by atoms with E-state index in [1.165, 1.54) is 18.9 Å². The number of carboxylic acids is 1. The Bertz CT molecular complexity index is 1140. The number of amides is 1. The van der Waals surface area contributed by atoms with Crippen molar-refractivity contribution < 1.29 is 23.8 Å². The number of methoxy groups -OCH3 is 1. The van der Waals surface area contributed by atoms with Gasteiger partial charge in [0.15, 0.2) is 0 Å². The quantitative estimate of drug-likeness (QED) is 0.491. The third-order valence-electron chi connectivity index (χ3n) is 4.86. The smallest absolute Gasteiger partial charge is 0.340 e. The van der Waals surface area contributed by atoms with Crippen LogP contribution in [0.1, 0.15) is 16.7 Å². The van der Waals surface area contributed by atoms with Gasteiger partial charge in [0.1, 0.15) is 17.4 Å². The van der Waals surface area contributed by atoms with E-state index in [9.17, 15) is 19.5 Å². The van der Waals surface area contributed by atoms with Gasteiger partial charge in [0.05, 0.1) is 19.1 Å². The van der Waals surface area contributed by atoms with Gasteiger partial charge in [-0.2, -0.15) is 11.8 Å². The number of carboxylic acid groups (broad SMARTS) is 1. The Hall–Kier alpha value is -3.26. The second-order valence-corrected chi connectivity index (χ2v) is 8.02. The average Bonchev–Trinajstić information content (AvgIpc) is 2.76. The number of aliphatic carboxylic acids is 1. The van der Waals surface area contributed by atoms with Crippen molar-refractivity contribution in [2.75, 3.05) is 12.9 Å². The predicted molar refractivity (Wildman–Crippen MR) is 120 cm³/mol. The van der Waals surface area contributed by atoms with Crippen molar-refractivity contribution in [1.29, 1.82) is 0 Å². The molecule has 0 aliphatic heterocycles. The summed E-state index contributed by atoms with van der Waals surface area (Å²) in [5.41, 5.74) is 1.64. The third kappa shape index (κ3) is 5.67. The highest BCUT2D eigenvalue weighted by Gasteiger charge is 2.22. The molecule has 0 spiro atoms. The number of aryl methyl sites for hydroxylation is 1. The van der Waals surface area contributed by atoms with Crippen LogP contribution in [0.25, 0.3) is 11.0 Å². The van der Waals surface area contributed by atoms with Crippen molar-refractivity contribution in [3.05, 3.63) is 75.6 Å². The number of rotatable bonds is 9. The molecule has 0 bridgehead atoms. The lowest BCUT2D eigenvalue weighted by atomic mass is 10.0. The Balaban J connectivity index is 1.68. The highest BCUT2D eigenvalue weighted by Crippen LogP contribution is 2.24. The number of thioether (sulfide) groups is 1. The van der Waals surface area contributed by atoms with Gasteiger partial charge in [0, 0.05) is 23.0 Å². The molecule has 31 heavy (non-hydrogen) atoms. The van der Waals surface area contributed by atoms with Crippen LogP contribution in [0, 0.1) is 6.92 Å². The van der Waals surface area contributed by atoms with E-state index in [0.717, 1.165) is 5.56 Å². The third-order valence-corrected chi connectivity index (χ3v) is 5.97. The second kappa shape index (κ2) is 10.2. The molecule has 0 aliphatic rings. The summed E-state index contributed by atoms with van der Waals surface area (Å²) in [4.78, 5) is 36.5. The SMILES string of the molecule is COc1ccc2c(C)c(CC(=O)N[C@H](CSCc3ccccc3)C(=O)O)c(=O)oc2c1. The molecule has 0 saturated heterocycles. The summed E-state index contributed by atoms with van der Waals surface area (Å²) in [6.07, 6.45) is -0.261. The molecule has 3 aromatic rings. The fourth-order valence-corrected chi connectivity index (χ4v) is 4.16. The monoisotopic (exact) mass is 441 g/mol. The molecule has 7 nitrogen and oxygen atoms in total. The summed E-state index contributed by atoms with van der Waals surface area (Å²) < 4.78 is 10.5. The number of nitrogens with one attached hydrogen (secondary N) is 1. The lowest BCUT2D eigenvalue weighted by Crippen LogP contribution is -2.43. The summed E-state index contributed by atoms with van der Waals surface area (Å²) in [6, 6.07) is 13.7. The van der Waals surface area contributed by atoms with Crippen LogP contribution >= 0.6 is 11.8 Å². The molecule has 0 radical (unpaired) electrons. The first-order valence-electron chi connectivity index (χ1n) is 9.63. The number of hydrogen-bond donors (Lipinski definition) is 2. The zero-order valence-corrected chi connectivity index (χ0v) is 18.0. The Kier molecular flexibility index (Phi) is 7.36. The zero-order valence-electron chi connectivity index (χ0n) is 17.2. The second-order valence-electron chi connectivity index (χ2n) is 6.99. The Morgan fingerprint density at radius 3 is 2.61 bits per heavy atom. The molecule has 2 N–H and O–H groups in total. The molecule has 1 aromatic heterocycles. The highest BCUT2D eigenvalue weighted by molar-refractivity contribution is 7.98. The van der Waals surface area contributed by atoms with E-state index < -0.39 is 23.5 Å². The van der Waals surface area contributed by atoms with Gasteiger partial charge in [0.25, 0.3) is 0 Å².